The van der Waals surface area contributed by atoms with Crippen LogP contribution in [0.5, 0.6) is 0 Å². The fraction of sp³-hybridized carbons (Fsp3) is 0.429. The number of benzene rings is 1. The number of dihydropyridines is 1. The molecular formula is C21H25ClN4O5. The Morgan fingerprint density at radius 2 is 1.81 bits per heavy atom. The molecule has 31 heavy (non-hydrogen) atoms. The highest BCUT2D eigenvalue weighted by Crippen LogP contribution is 2.41. The van der Waals surface area contributed by atoms with Gasteiger partial charge in [0, 0.05) is 22.2 Å². The van der Waals surface area contributed by atoms with Gasteiger partial charge in [-0.3, -0.25) is 0 Å². The zero-order valence-corrected chi connectivity index (χ0v) is 18.4. The third kappa shape index (κ3) is 6.01. The molecular weight excluding hydrogens is 424 g/mol. The van der Waals surface area contributed by atoms with E-state index in [-0.39, 0.29) is 44.1 Å². The summed E-state index contributed by atoms with van der Waals surface area (Å²) in [5.41, 5.74) is 10.4. The van der Waals surface area contributed by atoms with Gasteiger partial charge in [-0.15, -0.1) is 0 Å². The van der Waals surface area contributed by atoms with Crippen molar-refractivity contribution in [1.82, 2.24) is 5.32 Å². The van der Waals surface area contributed by atoms with Gasteiger partial charge in [-0.05, 0) is 37.9 Å². The van der Waals surface area contributed by atoms with Crippen LogP contribution in [0.15, 0.2) is 51.9 Å². The molecule has 1 aliphatic rings. The summed E-state index contributed by atoms with van der Waals surface area (Å²) in [6, 6.07) is 6.99. The van der Waals surface area contributed by atoms with Crippen molar-refractivity contribution in [2.45, 2.75) is 26.7 Å². The van der Waals surface area contributed by atoms with Crippen molar-refractivity contribution in [2.75, 3.05) is 33.0 Å². The Balaban J connectivity index is 2.59. The lowest BCUT2D eigenvalue weighted by Crippen LogP contribution is -2.35. The van der Waals surface area contributed by atoms with Gasteiger partial charge in [0.2, 0.25) is 0 Å². The fourth-order valence-corrected chi connectivity index (χ4v) is 3.53. The summed E-state index contributed by atoms with van der Waals surface area (Å²) in [5.74, 6) is -1.95. The molecule has 0 aliphatic carbocycles. The second kappa shape index (κ2) is 12.0. The van der Waals surface area contributed by atoms with Crippen molar-refractivity contribution in [3.05, 3.63) is 67.8 Å². The Morgan fingerprint density at radius 1 is 1.16 bits per heavy atom. The fourth-order valence-electron chi connectivity index (χ4n) is 3.28. The normalized spacial score (nSPS) is 15.8. The molecule has 0 fully saturated rings. The van der Waals surface area contributed by atoms with Crippen LogP contribution in [-0.2, 0) is 23.8 Å². The molecule has 1 aliphatic heterocycles. The van der Waals surface area contributed by atoms with Gasteiger partial charge >= 0.3 is 11.9 Å². The molecule has 1 N–H and O–H groups in total. The highest BCUT2D eigenvalue weighted by atomic mass is 35.5. The summed E-state index contributed by atoms with van der Waals surface area (Å²) in [4.78, 5) is 28.5. The van der Waals surface area contributed by atoms with Crippen molar-refractivity contribution in [1.29, 1.82) is 0 Å². The first kappa shape index (κ1) is 24.3. The van der Waals surface area contributed by atoms with Gasteiger partial charge in [-0.1, -0.05) is 34.9 Å². The third-order valence-electron chi connectivity index (χ3n) is 4.50. The Labute approximate surface area is 185 Å². The molecule has 1 heterocycles. The summed E-state index contributed by atoms with van der Waals surface area (Å²) in [5, 5.41) is 6.91. The highest BCUT2D eigenvalue weighted by Gasteiger charge is 2.39. The van der Waals surface area contributed by atoms with Crippen LogP contribution < -0.4 is 5.32 Å². The number of halogens is 1. The second-order valence-corrected chi connectivity index (χ2v) is 6.87. The molecule has 1 unspecified atom stereocenters. The molecule has 1 aromatic carbocycles. The molecule has 1 atom stereocenters. The van der Waals surface area contributed by atoms with E-state index < -0.39 is 17.9 Å². The van der Waals surface area contributed by atoms with Crippen LogP contribution in [0.25, 0.3) is 10.4 Å². The van der Waals surface area contributed by atoms with Crippen molar-refractivity contribution in [3.63, 3.8) is 0 Å². The highest BCUT2D eigenvalue weighted by molar-refractivity contribution is 6.31. The largest absolute Gasteiger partial charge is 0.463 e. The first-order valence-corrected chi connectivity index (χ1v) is 10.2. The maximum atomic E-state index is 13.0. The number of carbonyl (C=O) groups is 2. The molecule has 0 amide bonds. The first-order chi connectivity index (χ1) is 15.0. The van der Waals surface area contributed by atoms with E-state index in [0.717, 1.165) is 0 Å². The van der Waals surface area contributed by atoms with Crippen molar-refractivity contribution < 1.29 is 23.8 Å². The van der Waals surface area contributed by atoms with Crippen LogP contribution in [0.2, 0.25) is 5.02 Å². The molecule has 166 valence electrons. The Hall–Kier alpha value is -3.00. The average Bonchev–Trinajstić information content (AvgIpc) is 2.73. The number of allylic oxidation sites excluding steroid dienone is 1. The Morgan fingerprint density at radius 3 is 2.42 bits per heavy atom. The van der Waals surface area contributed by atoms with Crippen LogP contribution >= 0.6 is 11.6 Å². The average molecular weight is 449 g/mol. The number of ether oxygens (including phenoxy) is 3. The van der Waals surface area contributed by atoms with E-state index in [9.17, 15) is 9.59 Å². The number of nitrogens with one attached hydrogen (secondary N) is 1. The molecule has 0 saturated heterocycles. The second-order valence-electron chi connectivity index (χ2n) is 6.46. The summed E-state index contributed by atoms with van der Waals surface area (Å²) >= 11 is 6.46. The van der Waals surface area contributed by atoms with E-state index in [0.29, 0.717) is 22.0 Å². The number of carbonyl (C=O) groups excluding carboxylic acids is 2. The van der Waals surface area contributed by atoms with Crippen LogP contribution in [-0.4, -0.2) is 44.9 Å². The van der Waals surface area contributed by atoms with Gasteiger partial charge < -0.3 is 19.5 Å². The quantitative estimate of drug-likeness (QED) is 0.190. The summed E-state index contributed by atoms with van der Waals surface area (Å²) in [6.45, 7) is 5.79. The zero-order valence-electron chi connectivity index (χ0n) is 17.7. The molecule has 0 spiro atoms. The molecule has 0 bridgehead atoms. The number of rotatable bonds is 10. The SMILES string of the molecule is CCOC(=O)C1=C(C)NC(COCCN=[N+]=[N-])=C(C(=O)OCC)C1c1ccccc1Cl. The molecule has 2 rings (SSSR count). The lowest BCUT2D eigenvalue weighted by molar-refractivity contribution is -0.139. The number of hydrogen-bond donors (Lipinski definition) is 1. The van der Waals surface area contributed by atoms with Crippen molar-refractivity contribution >= 4 is 23.5 Å². The number of esters is 2. The monoisotopic (exact) mass is 448 g/mol. The van der Waals surface area contributed by atoms with Crippen LogP contribution in [0, 0.1) is 0 Å². The van der Waals surface area contributed by atoms with E-state index in [1.165, 1.54) is 0 Å². The lowest BCUT2D eigenvalue weighted by Gasteiger charge is -2.31. The summed E-state index contributed by atoms with van der Waals surface area (Å²) in [6.07, 6.45) is 0. The maximum absolute atomic E-state index is 13.0. The number of nitrogens with zero attached hydrogens (tertiary/aromatic N) is 3. The van der Waals surface area contributed by atoms with E-state index in [1.807, 2.05) is 0 Å². The summed E-state index contributed by atoms with van der Waals surface area (Å²) in [7, 11) is 0. The van der Waals surface area contributed by atoms with E-state index in [1.54, 1.807) is 45.0 Å². The van der Waals surface area contributed by atoms with Gasteiger partial charge in [0.15, 0.2) is 0 Å². The molecule has 10 heteroatoms. The first-order valence-electron chi connectivity index (χ1n) is 9.84. The van der Waals surface area contributed by atoms with E-state index in [4.69, 9.17) is 31.3 Å². The van der Waals surface area contributed by atoms with E-state index >= 15 is 0 Å². The molecule has 9 nitrogen and oxygen atoms in total. The van der Waals surface area contributed by atoms with Crippen molar-refractivity contribution in [2.24, 2.45) is 5.11 Å². The standard InChI is InChI=1S/C21H25ClN4O5/c1-4-30-20(27)17-13(3)25-16(12-29-11-10-24-26-23)19(21(28)31-5-2)18(17)14-8-6-7-9-15(14)22/h6-9,18,25H,4-5,10-12H2,1-3H3. The number of hydrogen-bond acceptors (Lipinski definition) is 7. The van der Waals surface area contributed by atoms with Gasteiger partial charge in [-0.2, -0.15) is 0 Å². The Bertz CT molecular complexity index is 937. The zero-order chi connectivity index (χ0) is 22.8. The predicted octanol–water partition coefficient (Wildman–Crippen LogP) is 4.01. The Kier molecular flexibility index (Phi) is 9.40. The van der Waals surface area contributed by atoms with E-state index in [2.05, 4.69) is 15.3 Å². The van der Waals surface area contributed by atoms with Crippen LogP contribution in [0.1, 0.15) is 32.3 Å². The van der Waals surface area contributed by atoms with Gasteiger partial charge in [0.1, 0.15) is 0 Å². The van der Waals surface area contributed by atoms with Crippen molar-refractivity contribution in [3.8, 4) is 0 Å². The molecule has 0 saturated carbocycles. The molecule has 0 radical (unpaired) electrons. The summed E-state index contributed by atoms with van der Waals surface area (Å²) < 4.78 is 16.1. The smallest absolute Gasteiger partial charge is 0.336 e. The minimum atomic E-state index is -0.802. The minimum absolute atomic E-state index is 0.0174. The topological polar surface area (TPSA) is 123 Å². The van der Waals surface area contributed by atoms with Crippen LogP contribution in [0.4, 0.5) is 0 Å². The lowest BCUT2D eigenvalue weighted by atomic mass is 9.80. The van der Waals surface area contributed by atoms with Gasteiger partial charge in [0.25, 0.3) is 0 Å². The maximum Gasteiger partial charge on any atom is 0.336 e. The third-order valence-corrected chi connectivity index (χ3v) is 4.84. The number of azide groups is 1. The van der Waals surface area contributed by atoms with Gasteiger partial charge in [-0.25, -0.2) is 9.59 Å². The van der Waals surface area contributed by atoms with Crippen LogP contribution in [0.3, 0.4) is 0 Å². The molecule has 1 aromatic rings. The predicted molar refractivity (Wildman–Crippen MR) is 115 cm³/mol. The molecule has 0 aromatic heterocycles. The minimum Gasteiger partial charge on any atom is -0.463 e. The van der Waals surface area contributed by atoms with Gasteiger partial charge in [0.05, 0.1) is 49.2 Å².